The van der Waals surface area contributed by atoms with Gasteiger partial charge < -0.3 is 15.5 Å². The largest absolute Gasteiger partial charge is 0.399 e. The molecule has 0 aliphatic heterocycles. The van der Waals surface area contributed by atoms with Gasteiger partial charge in [-0.3, -0.25) is 0 Å². The third-order valence-electron chi connectivity index (χ3n) is 2.50. The van der Waals surface area contributed by atoms with Crippen LogP contribution < -0.4 is 5.73 Å². The SMILES string of the molecule is CCCN(Cc1ccc(N)cc1)C(=O)N(C)C. The van der Waals surface area contributed by atoms with E-state index in [4.69, 9.17) is 5.73 Å². The lowest BCUT2D eigenvalue weighted by atomic mass is 10.2. The Morgan fingerprint density at radius 2 is 1.82 bits per heavy atom. The summed E-state index contributed by atoms with van der Waals surface area (Å²) in [6.45, 7) is 3.46. The first-order chi connectivity index (χ1) is 8.04. The first-order valence-corrected chi connectivity index (χ1v) is 5.85. The number of nitrogens with two attached hydrogens (primary N) is 1. The van der Waals surface area contributed by atoms with Crippen molar-refractivity contribution in [1.29, 1.82) is 0 Å². The second kappa shape index (κ2) is 6.13. The van der Waals surface area contributed by atoms with Gasteiger partial charge in [0.25, 0.3) is 0 Å². The molecule has 0 heterocycles. The average molecular weight is 235 g/mol. The van der Waals surface area contributed by atoms with Crippen LogP contribution in [0.15, 0.2) is 24.3 Å². The molecule has 0 bridgehead atoms. The van der Waals surface area contributed by atoms with Gasteiger partial charge in [0.05, 0.1) is 0 Å². The number of hydrogen-bond donors (Lipinski definition) is 1. The van der Waals surface area contributed by atoms with Gasteiger partial charge in [-0.05, 0) is 24.1 Å². The topological polar surface area (TPSA) is 49.6 Å². The van der Waals surface area contributed by atoms with Crippen molar-refractivity contribution in [2.45, 2.75) is 19.9 Å². The number of carbonyl (C=O) groups excluding carboxylic acids is 1. The average Bonchev–Trinajstić information content (AvgIpc) is 2.30. The number of nitrogens with zero attached hydrogens (tertiary/aromatic N) is 2. The molecule has 17 heavy (non-hydrogen) atoms. The zero-order chi connectivity index (χ0) is 12.8. The molecule has 0 aliphatic carbocycles. The summed E-state index contributed by atoms with van der Waals surface area (Å²) in [5.41, 5.74) is 7.48. The Morgan fingerprint density at radius 1 is 1.24 bits per heavy atom. The standard InChI is InChI=1S/C13H21N3O/c1-4-9-16(13(17)15(2)3)10-11-5-7-12(14)8-6-11/h5-8H,4,9-10,14H2,1-3H3. The zero-order valence-electron chi connectivity index (χ0n) is 10.8. The molecule has 0 aromatic heterocycles. The van der Waals surface area contributed by atoms with E-state index >= 15 is 0 Å². The third kappa shape index (κ3) is 3.98. The minimum Gasteiger partial charge on any atom is -0.399 e. The van der Waals surface area contributed by atoms with Gasteiger partial charge in [0.1, 0.15) is 0 Å². The summed E-state index contributed by atoms with van der Waals surface area (Å²) in [6.07, 6.45) is 0.953. The summed E-state index contributed by atoms with van der Waals surface area (Å²) in [6, 6.07) is 7.69. The number of nitrogen functional groups attached to an aromatic ring is 1. The molecule has 0 unspecified atom stereocenters. The lowest BCUT2D eigenvalue weighted by Crippen LogP contribution is -2.39. The molecular weight excluding hydrogens is 214 g/mol. The molecule has 2 amide bonds. The highest BCUT2D eigenvalue weighted by atomic mass is 16.2. The molecule has 4 nitrogen and oxygen atoms in total. The maximum atomic E-state index is 11.9. The van der Waals surface area contributed by atoms with Gasteiger partial charge in [-0.1, -0.05) is 19.1 Å². The van der Waals surface area contributed by atoms with Gasteiger partial charge in [0.2, 0.25) is 0 Å². The number of rotatable bonds is 4. The Morgan fingerprint density at radius 3 is 2.29 bits per heavy atom. The van der Waals surface area contributed by atoms with Crippen LogP contribution in [-0.2, 0) is 6.54 Å². The molecule has 0 aliphatic rings. The first-order valence-electron chi connectivity index (χ1n) is 5.85. The van der Waals surface area contributed by atoms with Crippen LogP contribution in [0.1, 0.15) is 18.9 Å². The van der Waals surface area contributed by atoms with E-state index in [1.165, 1.54) is 0 Å². The normalized spacial score (nSPS) is 10.1. The Bertz CT molecular complexity index is 359. The van der Waals surface area contributed by atoms with Crippen LogP contribution in [0.2, 0.25) is 0 Å². The second-order valence-corrected chi connectivity index (χ2v) is 4.34. The Hall–Kier alpha value is -1.71. The van der Waals surface area contributed by atoms with Crippen LogP contribution in [0.25, 0.3) is 0 Å². The molecule has 0 spiro atoms. The van der Waals surface area contributed by atoms with Crippen molar-refractivity contribution in [1.82, 2.24) is 9.80 Å². The summed E-state index contributed by atoms with van der Waals surface area (Å²) in [5, 5.41) is 0. The molecule has 4 heteroatoms. The first kappa shape index (κ1) is 13.4. The van der Waals surface area contributed by atoms with E-state index in [0.29, 0.717) is 6.54 Å². The molecule has 1 rings (SSSR count). The van der Waals surface area contributed by atoms with Gasteiger partial charge in [-0.2, -0.15) is 0 Å². The zero-order valence-corrected chi connectivity index (χ0v) is 10.8. The predicted molar refractivity (Wildman–Crippen MR) is 70.6 cm³/mol. The second-order valence-electron chi connectivity index (χ2n) is 4.34. The smallest absolute Gasteiger partial charge is 0.319 e. The van der Waals surface area contributed by atoms with Crippen molar-refractivity contribution in [2.24, 2.45) is 0 Å². The summed E-state index contributed by atoms with van der Waals surface area (Å²) < 4.78 is 0. The molecule has 0 saturated heterocycles. The highest BCUT2D eigenvalue weighted by molar-refractivity contribution is 5.73. The lowest BCUT2D eigenvalue weighted by molar-refractivity contribution is 0.168. The van der Waals surface area contributed by atoms with Crippen LogP contribution in [0.5, 0.6) is 0 Å². The van der Waals surface area contributed by atoms with Crippen molar-refractivity contribution < 1.29 is 4.79 Å². The van der Waals surface area contributed by atoms with Crippen molar-refractivity contribution in [3.8, 4) is 0 Å². The number of urea groups is 1. The predicted octanol–water partition coefficient (Wildman–Crippen LogP) is 2.16. The molecule has 2 N–H and O–H groups in total. The van der Waals surface area contributed by atoms with Gasteiger partial charge in [0, 0.05) is 32.9 Å². The van der Waals surface area contributed by atoms with E-state index in [0.717, 1.165) is 24.2 Å². The van der Waals surface area contributed by atoms with E-state index in [1.54, 1.807) is 19.0 Å². The number of anilines is 1. The molecule has 0 atom stereocenters. The van der Waals surface area contributed by atoms with Gasteiger partial charge >= 0.3 is 6.03 Å². The fourth-order valence-corrected chi connectivity index (χ4v) is 1.64. The van der Waals surface area contributed by atoms with Crippen LogP contribution in [0.4, 0.5) is 10.5 Å². The van der Waals surface area contributed by atoms with E-state index in [1.807, 2.05) is 29.2 Å². The van der Waals surface area contributed by atoms with E-state index < -0.39 is 0 Å². The number of benzene rings is 1. The number of carbonyl (C=O) groups is 1. The van der Waals surface area contributed by atoms with Crippen LogP contribution in [-0.4, -0.2) is 36.5 Å². The van der Waals surface area contributed by atoms with E-state index in [-0.39, 0.29) is 6.03 Å². The molecule has 0 saturated carbocycles. The van der Waals surface area contributed by atoms with Crippen LogP contribution in [0, 0.1) is 0 Å². The van der Waals surface area contributed by atoms with Gasteiger partial charge in [-0.25, -0.2) is 4.79 Å². The van der Waals surface area contributed by atoms with Crippen molar-refractivity contribution in [3.63, 3.8) is 0 Å². The maximum Gasteiger partial charge on any atom is 0.319 e. The highest BCUT2D eigenvalue weighted by Crippen LogP contribution is 2.10. The summed E-state index contributed by atoms with van der Waals surface area (Å²) in [4.78, 5) is 15.4. The number of amides is 2. The lowest BCUT2D eigenvalue weighted by Gasteiger charge is -2.25. The summed E-state index contributed by atoms with van der Waals surface area (Å²) in [7, 11) is 3.54. The number of hydrogen-bond acceptors (Lipinski definition) is 2. The minimum atomic E-state index is 0.0451. The molecule has 94 valence electrons. The Balaban J connectivity index is 2.72. The molecule has 0 fully saturated rings. The van der Waals surface area contributed by atoms with Gasteiger partial charge in [0.15, 0.2) is 0 Å². The van der Waals surface area contributed by atoms with Crippen LogP contribution in [0.3, 0.4) is 0 Å². The minimum absolute atomic E-state index is 0.0451. The summed E-state index contributed by atoms with van der Waals surface area (Å²) >= 11 is 0. The fourth-order valence-electron chi connectivity index (χ4n) is 1.64. The Kier molecular flexibility index (Phi) is 4.82. The van der Waals surface area contributed by atoms with Gasteiger partial charge in [-0.15, -0.1) is 0 Å². The molecule has 1 aromatic rings. The third-order valence-corrected chi connectivity index (χ3v) is 2.50. The summed E-state index contributed by atoms with van der Waals surface area (Å²) in [5.74, 6) is 0. The Labute approximate surface area is 103 Å². The van der Waals surface area contributed by atoms with Crippen molar-refractivity contribution in [2.75, 3.05) is 26.4 Å². The molecular formula is C13H21N3O. The van der Waals surface area contributed by atoms with Crippen molar-refractivity contribution >= 4 is 11.7 Å². The highest BCUT2D eigenvalue weighted by Gasteiger charge is 2.14. The molecule has 1 aromatic carbocycles. The van der Waals surface area contributed by atoms with Crippen molar-refractivity contribution in [3.05, 3.63) is 29.8 Å². The molecule has 0 radical (unpaired) electrons. The monoisotopic (exact) mass is 235 g/mol. The fraction of sp³-hybridized carbons (Fsp3) is 0.462. The van der Waals surface area contributed by atoms with E-state index in [9.17, 15) is 4.79 Å². The van der Waals surface area contributed by atoms with Crippen LogP contribution >= 0.6 is 0 Å². The van der Waals surface area contributed by atoms with E-state index in [2.05, 4.69) is 6.92 Å². The maximum absolute atomic E-state index is 11.9. The quantitative estimate of drug-likeness (QED) is 0.813.